The molecule has 2 saturated heterocycles. The molecule has 1 amide bonds. The van der Waals surface area contributed by atoms with E-state index < -0.39 is 77.1 Å². The van der Waals surface area contributed by atoms with Gasteiger partial charge in [-0.2, -0.15) is 5.10 Å². The summed E-state index contributed by atoms with van der Waals surface area (Å²) >= 11 is 0. The highest BCUT2D eigenvalue weighted by Gasteiger charge is 2.51. The summed E-state index contributed by atoms with van der Waals surface area (Å²) in [6, 6.07) is 5.12. The molecule has 0 unspecified atom stereocenters. The van der Waals surface area contributed by atoms with Gasteiger partial charge in [0.1, 0.15) is 42.0 Å². The molecule has 328 valence electrons. The van der Waals surface area contributed by atoms with Crippen molar-refractivity contribution in [1.29, 1.82) is 0 Å². The van der Waals surface area contributed by atoms with E-state index in [2.05, 4.69) is 20.2 Å². The van der Waals surface area contributed by atoms with Crippen LogP contribution in [0.3, 0.4) is 0 Å². The molecular weight excluding hydrogens is 761 g/mol. The minimum absolute atomic E-state index is 0.00717. The number of aromatic nitrogens is 3. The number of aliphatic imine (C=N–C) groups is 1. The highest BCUT2D eigenvalue weighted by Crippen LogP contribution is 2.39. The van der Waals surface area contributed by atoms with Gasteiger partial charge < -0.3 is 38.9 Å². The first kappa shape index (κ1) is 47.6. The van der Waals surface area contributed by atoms with Gasteiger partial charge in [0.05, 0.1) is 6.10 Å². The molecule has 2 aliphatic rings. The number of nitrogens with zero attached hydrogens (tertiary/aromatic N) is 6. The third kappa shape index (κ3) is 11.6. The van der Waals surface area contributed by atoms with Crippen LogP contribution in [0.15, 0.2) is 46.9 Å². The van der Waals surface area contributed by atoms with Gasteiger partial charge in [-0.25, -0.2) is 14.7 Å². The fourth-order valence-electron chi connectivity index (χ4n) is 8.34. The van der Waals surface area contributed by atoms with E-state index in [0.29, 0.717) is 23.5 Å². The first-order valence-corrected chi connectivity index (χ1v) is 20.6. The van der Waals surface area contributed by atoms with Gasteiger partial charge in [0.25, 0.3) is 0 Å². The molecule has 2 fully saturated rings. The lowest BCUT2D eigenvalue weighted by Gasteiger charge is -2.45. The van der Waals surface area contributed by atoms with Gasteiger partial charge in [0.15, 0.2) is 17.9 Å². The fourth-order valence-corrected chi connectivity index (χ4v) is 8.34. The second kappa shape index (κ2) is 20.0. The molecule has 4 heterocycles. The maximum Gasteiger partial charge on any atom is 0.316 e. The van der Waals surface area contributed by atoms with E-state index >= 15 is 0 Å². The van der Waals surface area contributed by atoms with E-state index in [0.717, 1.165) is 0 Å². The van der Waals surface area contributed by atoms with Crippen molar-refractivity contribution in [3.05, 3.63) is 42.4 Å². The van der Waals surface area contributed by atoms with Crippen LogP contribution in [-0.4, -0.2) is 121 Å². The van der Waals surface area contributed by atoms with E-state index in [9.17, 15) is 24.6 Å². The number of carbonyl (C=O) groups is 3. The van der Waals surface area contributed by atoms with Crippen molar-refractivity contribution < 1.29 is 48.4 Å². The van der Waals surface area contributed by atoms with Gasteiger partial charge in [0.2, 0.25) is 11.8 Å². The summed E-state index contributed by atoms with van der Waals surface area (Å²) in [7, 11) is 3.73. The standard InChI is InChI=1S/C43H66N6O10/c1-14-33-43(11,54)31(26(5)36(24(2)3)46-29(8)50)21-35(47-55-23-30-16-17-34(44-22-30)49-19-15-18-45-49)59-42(9,10)39(27(6)37(51)28(7)40(53)57-33)58-41-38(52)32(48(12)13)20-25(4)56-41/h15-19,22,24-28,31-33,38-39,41,52,54H,14,20-21,23H2,1-13H3/b46-36?,47-35+/t25-,26-,27+,28-,31-,32+,33-,38-,39-,41+,43+/m1/s1. The van der Waals surface area contributed by atoms with Crippen LogP contribution in [0.5, 0.6) is 0 Å². The predicted molar refractivity (Wildman–Crippen MR) is 220 cm³/mol. The van der Waals surface area contributed by atoms with Crippen molar-refractivity contribution in [2.24, 2.45) is 39.7 Å². The molecular formula is C43H66N6O10. The van der Waals surface area contributed by atoms with Crippen LogP contribution in [0.2, 0.25) is 0 Å². The summed E-state index contributed by atoms with van der Waals surface area (Å²) in [6.07, 6.45) is 1.02. The number of hydrogen-bond donors (Lipinski definition) is 2. The number of hydrogen-bond acceptors (Lipinski definition) is 14. The third-order valence-corrected chi connectivity index (χ3v) is 11.6. The number of aliphatic hydroxyl groups excluding tert-OH is 1. The number of esters is 1. The first-order valence-electron chi connectivity index (χ1n) is 20.6. The predicted octanol–water partition coefficient (Wildman–Crippen LogP) is 4.92. The highest BCUT2D eigenvalue weighted by molar-refractivity contribution is 6.00. The smallest absolute Gasteiger partial charge is 0.316 e. The lowest BCUT2D eigenvalue weighted by Crippen LogP contribution is -2.58. The quantitative estimate of drug-likeness (QED) is 0.134. The van der Waals surface area contributed by atoms with E-state index in [-0.39, 0.29) is 43.4 Å². The highest BCUT2D eigenvalue weighted by atomic mass is 16.7. The molecule has 0 radical (unpaired) electrons. The molecule has 0 bridgehead atoms. The minimum Gasteiger partial charge on any atom is -0.470 e. The molecule has 2 aliphatic heterocycles. The molecule has 0 spiro atoms. The number of Topliss-reactive ketones (excluding diaryl/α,β-unsaturated/α-hetero) is 1. The molecule has 0 saturated carbocycles. The lowest BCUT2D eigenvalue weighted by molar-refractivity contribution is -0.289. The van der Waals surface area contributed by atoms with Crippen LogP contribution in [-0.2, 0) is 44.8 Å². The van der Waals surface area contributed by atoms with Gasteiger partial charge in [-0.3, -0.25) is 14.4 Å². The number of amides is 1. The van der Waals surface area contributed by atoms with Crippen LogP contribution in [0.4, 0.5) is 0 Å². The molecule has 2 aromatic heterocycles. The maximum atomic E-state index is 14.3. The minimum atomic E-state index is -1.77. The van der Waals surface area contributed by atoms with Gasteiger partial charge in [-0.15, -0.1) is 0 Å². The van der Waals surface area contributed by atoms with Crippen LogP contribution in [0, 0.1) is 29.6 Å². The number of ketones is 1. The number of ether oxygens (including phenoxy) is 4. The van der Waals surface area contributed by atoms with Crippen LogP contribution in [0.1, 0.15) is 101 Å². The molecule has 2 N–H and O–H groups in total. The van der Waals surface area contributed by atoms with E-state index in [1.165, 1.54) is 13.8 Å². The number of oxime groups is 1. The molecule has 0 aliphatic carbocycles. The van der Waals surface area contributed by atoms with Gasteiger partial charge in [-0.1, -0.05) is 45.8 Å². The number of pyridine rings is 1. The summed E-state index contributed by atoms with van der Waals surface area (Å²) in [5.74, 6) is -4.91. The van der Waals surface area contributed by atoms with Crippen molar-refractivity contribution in [3.63, 3.8) is 0 Å². The summed E-state index contributed by atoms with van der Waals surface area (Å²) in [5, 5.41) is 32.9. The molecule has 59 heavy (non-hydrogen) atoms. The van der Waals surface area contributed by atoms with Crippen molar-refractivity contribution in [3.8, 4) is 5.82 Å². The summed E-state index contributed by atoms with van der Waals surface area (Å²) in [4.78, 5) is 57.3. The second-order valence-electron chi connectivity index (χ2n) is 17.4. The zero-order chi connectivity index (χ0) is 44.0. The SMILES string of the molecule is CC[C@H]1OC(=O)[C@H](C)C(=O)[C@H](C)[C@@H](O[C@@H]2O[C@H](C)C[C@H](N(C)C)[C@H]2O)C(C)(C)O/C(=N/OCc2ccc(-n3cccn3)nc2)C[C@H]([C@@H](C)C(=NC(C)=O)C(C)C)[C@]1(C)O. The Labute approximate surface area is 348 Å². The number of likely N-dealkylation sites (N-methyl/N-ethyl adjacent to an activating group) is 1. The second-order valence-corrected chi connectivity index (χ2v) is 17.4. The van der Waals surface area contributed by atoms with E-state index in [1.807, 2.05) is 52.8 Å². The van der Waals surface area contributed by atoms with E-state index in [1.54, 1.807) is 70.0 Å². The summed E-state index contributed by atoms with van der Waals surface area (Å²) in [5.41, 5.74) is -1.95. The van der Waals surface area contributed by atoms with Gasteiger partial charge in [0, 0.05) is 67.0 Å². The summed E-state index contributed by atoms with van der Waals surface area (Å²) < 4.78 is 27.3. The average Bonchev–Trinajstić information content (AvgIpc) is 3.71. The number of aliphatic hydroxyl groups is 2. The Morgan fingerprint density at radius 2 is 1.83 bits per heavy atom. The Morgan fingerprint density at radius 1 is 1.14 bits per heavy atom. The van der Waals surface area contributed by atoms with Crippen molar-refractivity contribution in [2.45, 2.75) is 150 Å². The van der Waals surface area contributed by atoms with Gasteiger partial charge in [-0.05, 0) is 79.6 Å². The third-order valence-electron chi connectivity index (χ3n) is 11.6. The monoisotopic (exact) mass is 826 g/mol. The van der Waals surface area contributed by atoms with Crippen LogP contribution >= 0.6 is 0 Å². The Morgan fingerprint density at radius 3 is 2.39 bits per heavy atom. The normalized spacial score (nSPS) is 32.5. The largest absolute Gasteiger partial charge is 0.470 e. The summed E-state index contributed by atoms with van der Waals surface area (Å²) in [6.45, 7) is 18.8. The molecule has 2 aromatic rings. The average molecular weight is 827 g/mol. The maximum absolute atomic E-state index is 14.3. The Kier molecular flexibility index (Phi) is 16.1. The van der Waals surface area contributed by atoms with Crippen molar-refractivity contribution in [2.75, 3.05) is 14.1 Å². The zero-order valence-corrected chi connectivity index (χ0v) is 37.0. The molecule has 11 atom stereocenters. The van der Waals surface area contributed by atoms with Crippen molar-refractivity contribution >= 4 is 29.3 Å². The Bertz CT molecular complexity index is 1780. The fraction of sp³-hybridized carbons (Fsp3) is 0.698. The topological polar surface area (TPSA) is 196 Å². The first-order chi connectivity index (χ1) is 27.6. The number of carbonyl (C=O) groups excluding carboxylic acids is 3. The molecule has 16 nitrogen and oxygen atoms in total. The number of cyclic esters (lactones) is 1. The van der Waals surface area contributed by atoms with Crippen molar-refractivity contribution in [1.82, 2.24) is 19.7 Å². The number of rotatable bonds is 11. The molecule has 0 aromatic carbocycles. The Balaban J connectivity index is 1.86. The van der Waals surface area contributed by atoms with Crippen LogP contribution < -0.4 is 0 Å². The Hall–Kier alpha value is -4.09. The lowest BCUT2D eigenvalue weighted by atomic mass is 9.71. The van der Waals surface area contributed by atoms with Gasteiger partial charge >= 0.3 is 5.97 Å². The molecule has 16 heteroatoms. The van der Waals surface area contributed by atoms with E-state index in [4.69, 9.17) is 23.8 Å². The van der Waals surface area contributed by atoms with Crippen LogP contribution in [0.25, 0.3) is 5.82 Å². The molecule has 4 rings (SSSR count). The zero-order valence-electron chi connectivity index (χ0n) is 37.0.